The van der Waals surface area contributed by atoms with E-state index in [1.54, 1.807) is 12.1 Å². The van der Waals surface area contributed by atoms with Crippen molar-refractivity contribution in [3.8, 4) is 0 Å². The van der Waals surface area contributed by atoms with E-state index in [4.69, 9.17) is 0 Å². The van der Waals surface area contributed by atoms with Crippen LogP contribution in [0.3, 0.4) is 0 Å². The number of hydrogen-bond donors (Lipinski definition) is 1. The molecule has 0 aromatic heterocycles. The van der Waals surface area contributed by atoms with Gasteiger partial charge < -0.3 is 5.32 Å². The zero-order valence-electron chi connectivity index (χ0n) is 10.5. The first-order valence-electron chi connectivity index (χ1n) is 6.49. The number of halogens is 2. The van der Waals surface area contributed by atoms with Crippen LogP contribution in [0.4, 0.5) is 8.78 Å². The number of fused-ring (bicyclic) bond motifs is 1. The zero-order valence-corrected chi connectivity index (χ0v) is 10.5. The molecule has 1 heterocycles. The van der Waals surface area contributed by atoms with Crippen molar-refractivity contribution in [3.63, 3.8) is 0 Å². The molecular formula is C16H15F2N. The second kappa shape index (κ2) is 5.10. The van der Waals surface area contributed by atoms with Crippen molar-refractivity contribution in [2.24, 2.45) is 0 Å². The lowest BCUT2D eigenvalue weighted by Crippen LogP contribution is -2.24. The minimum absolute atomic E-state index is 0.423. The summed E-state index contributed by atoms with van der Waals surface area (Å²) in [4.78, 5) is 0. The average Bonchev–Trinajstić information content (AvgIpc) is 2.44. The van der Waals surface area contributed by atoms with Crippen LogP contribution in [-0.2, 0) is 19.4 Å². The minimum Gasteiger partial charge on any atom is -0.312 e. The summed E-state index contributed by atoms with van der Waals surface area (Å²) >= 11 is 0. The van der Waals surface area contributed by atoms with E-state index >= 15 is 0 Å². The van der Waals surface area contributed by atoms with E-state index < -0.39 is 11.6 Å². The van der Waals surface area contributed by atoms with Crippen molar-refractivity contribution in [2.75, 3.05) is 6.54 Å². The highest BCUT2D eigenvalue weighted by molar-refractivity contribution is 5.40. The summed E-state index contributed by atoms with van der Waals surface area (Å²) in [7, 11) is 0. The molecule has 0 spiro atoms. The quantitative estimate of drug-likeness (QED) is 0.873. The first-order valence-corrected chi connectivity index (χ1v) is 6.49. The van der Waals surface area contributed by atoms with Crippen molar-refractivity contribution in [1.29, 1.82) is 0 Å². The first-order chi connectivity index (χ1) is 9.25. The fourth-order valence-electron chi connectivity index (χ4n) is 2.67. The molecule has 1 aliphatic rings. The van der Waals surface area contributed by atoms with Gasteiger partial charge in [-0.05, 0) is 41.3 Å². The van der Waals surface area contributed by atoms with E-state index in [1.807, 2.05) is 12.1 Å². The lowest BCUT2D eigenvalue weighted by Gasteiger charge is -2.20. The predicted octanol–water partition coefficient (Wildman–Crippen LogP) is 3.20. The summed E-state index contributed by atoms with van der Waals surface area (Å²) in [5.41, 5.74) is 4.07. The number of benzene rings is 2. The van der Waals surface area contributed by atoms with E-state index in [1.165, 1.54) is 11.1 Å². The standard InChI is InChI=1S/C16H15F2N/c17-15-6-2-4-12(16(15)18)9-11-3-1-5-13-10-19-8-7-14(11)13/h1-6,19H,7-10H2. The highest BCUT2D eigenvalue weighted by atomic mass is 19.2. The van der Waals surface area contributed by atoms with Crippen molar-refractivity contribution < 1.29 is 8.78 Å². The van der Waals surface area contributed by atoms with Gasteiger partial charge in [0.1, 0.15) is 0 Å². The summed E-state index contributed by atoms with van der Waals surface area (Å²) < 4.78 is 27.0. The van der Waals surface area contributed by atoms with Gasteiger partial charge in [0.2, 0.25) is 0 Å². The Bertz CT molecular complexity index is 608. The molecule has 0 saturated heterocycles. The van der Waals surface area contributed by atoms with Gasteiger partial charge >= 0.3 is 0 Å². The summed E-state index contributed by atoms with van der Waals surface area (Å²) in [5.74, 6) is -1.50. The molecule has 1 nitrogen and oxygen atoms in total. The van der Waals surface area contributed by atoms with Crippen LogP contribution in [0.1, 0.15) is 22.3 Å². The maximum Gasteiger partial charge on any atom is 0.162 e. The summed E-state index contributed by atoms with van der Waals surface area (Å²) in [5, 5.41) is 3.32. The number of hydrogen-bond acceptors (Lipinski definition) is 1. The normalized spacial score (nSPS) is 14.2. The van der Waals surface area contributed by atoms with Crippen LogP contribution in [0, 0.1) is 11.6 Å². The SMILES string of the molecule is Fc1cccc(Cc2cccc3c2CCNC3)c1F. The smallest absolute Gasteiger partial charge is 0.162 e. The maximum absolute atomic E-state index is 13.7. The highest BCUT2D eigenvalue weighted by Gasteiger charge is 2.14. The molecule has 3 rings (SSSR count). The highest BCUT2D eigenvalue weighted by Crippen LogP contribution is 2.23. The van der Waals surface area contributed by atoms with Crippen LogP contribution in [0.25, 0.3) is 0 Å². The molecule has 98 valence electrons. The van der Waals surface area contributed by atoms with Crippen molar-refractivity contribution in [2.45, 2.75) is 19.4 Å². The van der Waals surface area contributed by atoms with E-state index in [2.05, 4.69) is 11.4 Å². The Hall–Kier alpha value is -1.74. The largest absolute Gasteiger partial charge is 0.312 e. The predicted molar refractivity (Wildman–Crippen MR) is 71.0 cm³/mol. The molecule has 19 heavy (non-hydrogen) atoms. The van der Waals surface area contributed by atoms with Crippen LogP contribution in [0.2, 0.25) is 0 Å². The molecule has 0 fully saturated rings. The number of rotatable bonds is 2. The molecule has 0 unspecified atom stereocenters. The van der Waals surface area contributed by atoms with Gasteiger partial charge in [-0.1, -0.05) is 30.3 Å². The molecular weight excluding hydrogens is 244 g/mol. The Morgan fingerprint density at radius 2 is 1.79 bits per heavy atom. The van der Waals surface area contributed by atoms with Gasteiger partial charge in [-0.2, -0.15) is 0 Å². The van der Waals surface area contributed by atoms with Crippen LogP contribution in [-0.4, -0.2) is 6.54 Å². The Morgan fingerprint density at radius 1 is 1.00 bits per heavy atom. The monoisotopic (exact) mass is 259 g/mol. The molecule has 0 saturated carbocycles. The van der Waals surface area contributed by atoms with E-state index in [-0.39, 0.29) is 0 Å². The summed E-state index contributed by atoms with van der Waals surface area (Å²) in [6.07, 6.45) is 1.40. The molecule has 2 aromatic carbocycles. The maximum atomic E-state index is 13.7. The van der Waals surface area contributed by atoms with Gasteiger partial charge in [-0.3, -0.25) is 0 Å². The zero-order chi connectivity index (χ0) is 13.2. The van der Waals surface area contributed by atoms with Gasteiger partial charge in [-0.15, -0.1) is 0 Å². The Kier molecular flexibility index (Phi) is 3.30. The lowest BCUT2D eigenvalue weighted by molar-refractivity contribution is 0.500. The second-order valence-corrected chi connectivity index (χ2v) is 4.87. The molecule has 0 atom stereocenters. The third kappa shape index (κ3) is 2.38. The molecule has 0 radical (unpaired) electrons. The molecule has 1 aliphatic heterocycles. The topological polar surface area (TPSA) is 12.0 Å². The van der Waals surface area contributed by atoms with E-state index in [9.17, 15) is 8.78 Å². The Labute approximate surface area is 111 Å². The van der Waals surface area contributed by atoms with Gasteiger partial charge in [-0.25, -0.2) is 8.78 Å². The summed E-state index contributed by atoms with van der Waals surface area (Å²) in [6.45, 7) is 1.80. The van der Waals surface area contributed by atoms with E-state index in [0.29, 0.717) is 12.0 Å². The fraction of sp³-hybridized carbons (Fsp3) is 0.250. The van der Waals surface area contributed by atoms with Crippen LogP contribution in [0.5, 0.6) is 0 Å². The molecule has 0 amide bonds. The summed E-state index contributed by atoms with van der Waals surface area (Å²) in [6, 6.07) is 10.5. The van der Waals surface area contributed by atoms with Crippen molar-refractivity contribution in [1.82, 2.24) is 5.32 Å². The molecule has 0 aliphatic carbocycles. The Morgan fingerprint density at radius 3 is 2.68 bits per heavy atom. The van der Waals surface area contributed by atoms with Crippen LogP contribution >= 0.6 is 0 Å². The Balaban J connectivity index is 1.97. The third-order valence-corrected chi connectivity index (χ3v) is 3.65. The average molecular weight is 259 g/mol. The van der Waals surface area contributed by atoms with Crippen LogP contribution in [0.15, 0.2) is 36.4 Å². The van der Waals surface area contributed by atoms with Crippen LogP contribution < -0.4 is 5.32 Å². The first kappa shape index (κ1) is 12.3. The van der Waals surface area contributed by atoms with Gasteiger partial charge in [0.05, 0.1) is 0 Å². The second-order valence-electron chi connectivity index (χ2n) is 4.87. The lowest BCUT2D eigenvalue weighted by atomic mass is 9.92. The minimum atomic E-state index is -0.774. The number of nitrogens with one attached hydrogen (secondary N) is 1. The van der Waals surface area contributed by atoms with Gasteiger partial charge in [0.25, 0.3) is 0 Å². The fourth-order valence-corrected chi connectivity index (χ4v) is 2.67. The molecule has 1 N–H and O–H groups in total. The van der Waals surface area contributed by atoms with Gasteiger partial charge in [0.15, 0.2) is 11.6 Å². The molecule has 3 heteroatoms. The van der Waals surface area contributed by atoms with Crippen molar-refractivity contribution >= 4 is 0 Å². The van der Waals surface area contributed by atoms with E-state index in [0.717, 1.165) is 31.1 Å². The molecule has 2 aromatic rings. The molecule has 0 bridgehead atoms. The third-order valence-electron chi connectivity index (χ3n) is 3.65. The van der Waals surface area contributed by atoms with Crippen molar-refractivity contribution in [3.05, 3.63) is 70.3 Å². The van der Waals surface area contributed by atoms with Gasteiger partial charge in [0, 0.05) is 13.0 Å².